The lowest BCUT2D eigenvalue weighted by molar-refractivity contribution is 0.506. The van der Waals surface area contributed by atoms with Crippen LogP contribution in [-0.4, -0.2) is 5.11 Å². The molecule has 1 aromatic carbocycles. The molecule has 0 spiro atoms. The Bertz CT molecular complexity index is 351. The number of hydrogen-bond donors (Lipinski definition) is 3. The predicted octanol–water partition coefficient (Wildman–Crippen LogP) is 1.01. The summed E-state index contributed by atoms with van der Waals surface area (Å²) in [6.07, 6.45) is 2.21. The van der Waals surface area contributed by atoms with E-state index in [0.29, 0.717) is 6.04 Å². The average molecular weight is 207 g/mol. The largest absolute Gasteiger partial charge is 0.375 e. The molecular formula is C10H13N3S. The van der Waals surface area contributed by atoms with Crippen molar-refractivity contribution in [1.29, 1.82) is 0 Å². The standard InChI is InChI=1S/C10H13N3S/c11-10(14)13-12-9-6-5-7-3-1-2-4-8(7)9/h1-4,9,12H,5-6H2,(H3,11,13,14). The molecule has 0 radical (unpaired) electrons. The van der Waals surface area contributed by atoms with Gasteiger partial charge in [-0.1, -0.05) is 24.3 Å². The summed E-state index contributed by atoms with van der Waals surface area (Å²) in [7, 11) is 0. The van der Waals surface area contributed by atoms with E-state index < -0.39 is 0 Å². The zero-order chi connectivity index (χ0) is 9.97. The van der Waals surface area contributed by atoms with E-state index in [1.807, 2.05) is 0 Å². The molecule has 0 bridgehead atoms. The van der Waals surface area contributed by atoms with E-state index in [-0.39, 0.29) is 5.11 Å². The molecule has 1 atom stereocenters. The molecule has 0 saturated heterocycles. The van der Waals surface area contributed by atoms with Gasteiger partial charge in [0.1, 0.15) is 0 Å². The highest BCUT2D eigenvalue weighted by Crippen LogP contribution is 2.29. The fraction of sp³-hybridized carbons (Fsp3) is 0.300. The fourth-order valence-electron chi connectivity index (χ4n) is 1.87. The van der Waals surface area contributed by atoms with E-state index >= 15 is 0 Å². The Balaban J connectivity index is 2.07. The van der Waals surface area contributed by atoms with Gasteiger partial charge in [0, 0.05) is 0 Å². The second kappa shape index (κ2) is 3.94. The molecule has 1 aliphatic carbocycles. The van der Waals surface area contributed by atoms with Gasteiger partial charge in [-0.3, -0.25) is 5.43 Å². The maximum absolute atomic E-state index is 5.35. The maximum atomic E-state index is 5.35. The summed E-state index contributed by atoms with van der Waals surface area (Å²) in [6.45, 7) is 0. The van der Waals surface area contributed by atoms with Gasteiger partial charge in [0.25, 0.3) is 0 Å². The van der Waals surface area contributed by atoms with Crippen LogP contribution in [0.2, 0.25) is 0 Å². The van der Waals surface area contributed by atoms with Crippen LogP contribution in [0.25, 0.3) is 0 Å². The molecule has 14 heavy (non-hydrogen) atoms. The number of fused-ring (bicyclic) bond motifs is 1. The third-order valence-corrected chi connectivity index (χ3v) is 2.60. The van der Waals surface area contributed by atoms with Crippen molar-refractivity contribution in [3.8, 4) is 0 Å². The Morgan fingerprint density at radius 3 is 3.00 bits per heavy atom. The minimum absolute atomic E-state index is 0.286. The molecule has 4 heteroatoms. The van der Waals surface area contributed by atoms with Crippen LogP contribution in [0.3, 0.4) is 0 Å². The highest BCUT2D eigenvalue weighted by atomic mass is 32.1. The lowest BCUT2D eigenvalue weighted by Gasteiger charge is -2.14. The van der Waals surface area contributed by atoms with Crippen molar-refractivity contribution >= 4 is 17.3 Å². The predicted molar refractivity (Wildman–Crippen MR) is 60.6 cm³/mol. The number of hydrogen-bond acceptors (Lipinski definition) is 2. The zero-order valence-electron chi connectivity index (χ0n) is 7.79. The van der Waals surface area contributed by atoms with Crippen LogP contribution in [0.5, 0.6) is 0 Å². The number of hydrazine groups is 1. The van der Waals surface area contributed by atoms with Gasteiger partial charge in [-0.15, -0.1) is 0 Å². The number of rotatable bonds is 2. The normalized spacial score (nSPS) is 19.0. The van der Waals surface area contributed by atoms with Crippen LogP contribution in [0.15, 0.2) is 24.3 Å². The number of thiocarbonyl (C=S) groups is 1. The van der Waals surface area contributed by atoms with Crippen molar-refractivity contribution < 1.29 is 0 Å². The number of aryl methyl sites for hydroxylation is 1. The molecule has 74 valence electrons. The van der Waals surface area contributed by atoms with E-state index in [9.17, 15) is 0 Å². The van der Waals surface area contributed by atoms with Gasteiger partial charge >= 0.3 is 0 Å². The van der Waals surface area contributed by atoms with Crippen LogP contribution < -0.4 is 16.6 Å². The highest BCUT2D eigenvalue weighted by Gasteiger charge is 2.20. The third-order valence-electron chi connectivity index (χ3n) is 2.50. The van der Waals surface area contributed by atoms with E-state index in [4.69, 9.17) is 18.0 Å². The molecule has 0 fully saturated rings. The van der Waals surface area contributed by atoms with Crippen molar-refractivity contribution in [2.45, 2.75) is 18.9 Å². The molecule has 4 N–H and O–H groups in total. The van der Waals surface area contributed by atoms with Crippen LogP contribution in [0, 0.1) is 0 Å². The molecule has 0 aliphatic heterocycles. The minimum Gasteiger partial charge on any atom is -0.375 e. The summed E-state index contributed by atoms with van der Waals surface area (Å²) in [5.41, 5.74) is 14.0. The first-order chi connectivity index (χ1) is 6.77. The molecule has 3 nitrogen and oxygen atoms in total. The quantitative estimate of drug-likeness (QED) is 0.500. The summed E-state index contributed by atoms with van der Waals surface area (Å²) >= 11 is 4.73. The van der Waals surface area contributed by atoms with E-state index in [0.717, 1.165) is 12.8 Å². The van der Waals surface area contributed by atoms with Crippen LogP contribution in [0.4, 0.5) is 0 Å². The van der Waals surface area contributed by atoms with Gasteiger partial charge in [0.05, 0.1) is 6.04 Å². The molecule has 2 rings (SSSR count). The van der Waals surface area contributed by atoms with Crippen molar-refractivity contribution in [2.75, 3.05) is 0 Å². The van der Waals surface area contributed by atoms with Gasteiger partial charge in [0.2, 0.25) is 0 Å². The third kappa shape index (κ3) is 1.86. The van der Waals surface area contributed by atoms with Gasteiger partial charge in [-0.25, -0.2) is 5.43 Å². The number of nitrogens with two attached hydrogens (primary N) is 1. The minimum atomic E-state index is 0.286. The van der Waals surface area contributed by atoms with Crippen LogP contribution >= 0.6 is 12.2 Å². The molecule has 0 amide bonds. The highest BCUT2D eigenvalue weighted by molar-refractivity contribution is 7.80. The average Bonchev–Trinajstić information content (AvgIpc) is 2.58. The lowest BCUT2D eigenvalue weighted by atomic mass is 10.1. The van der Waals surface area contributed by atoms with E-state index in [2.05, 4.69) is 35.1 Å². The Labute approximate surface area is 88.7 Å². The number of nitrogens with one attached hydrogen (secondary N) is 2. The fourth-order valence-corrected chi connectivity index (χ4v) is 1.92. The molecule has 0 heterocycles. The van der Waals surface area contributed by atoms with E-state index in [1.54, 1.807) is 0 Å². The summed E-state index contributed by atoms with van der Waals surface area (Å²) < 4.78 is 0. The molecule has 0 aromatic heterocycles. The molecule has 0 saturated carbocycles. The maximum Gasteiger partial charge on any atom is 0.178 e. The first kappa shape index (κ1) is 9.43. The van der Waals surface area contributed by atoms with Gasteiger partial charge in [-0.05, 0) is 36.2 Å². The smallest absolute Gasteiger partial charge is 0.178 e. The Kier molecular flexibility index (Phi) is 2.65. The summed E-state index contributed by atoms with van der Waals surface area (Å²) in [5.74, 6) is 0. The Morgan fingerprint density at radius 2 is 2.21 bits per heavy atom. The Hall–Kier alpha value is -1.13. The van der Waals surface area contributed by atoms with Crippen LogP contribution in [0.1, 0.15) is 23.6 Å². The second-order valence-electron chi connectivity index (χ2n) is 3.42. The van der Waals surface area contributed by atoms with E-state index in [1.165, 1.54) is 11.1 Å². The summed E-state index contributed by atoms with van der Waals surface area (Å²) in [6, 6.07) is 8.76. The molecule has 1 aromatic rings. The van der Waals surface area contributed by atoms with Gasteiger partial charge < -0.3 is 5.73 Å². The lowest BCUT2D eigenvalue weighted by Crippen LogP contribution is -2.42. The number of benzene rings is 1. The topological polar surface area (TPSA) is 50.1 Å². The summed E-state index contributed by atoms with van der Waals surface area (Å²) in [4.78, 5) is 0. The van der Waals surface area contributed by atoms with Crippen molar-refractivity contribution in [1.82, 2.24) is 10.9 Å². The van der Waals surface area contributed by atoms with Crippen molar-refractivity contribution in [2.24, 2.45) is 5.73 Å². The zero-order valence-corrected chi connectivity index (χ0v) is 8.60. The first-order valence-corrected chi connectivity index (χ1v) is 5.07. The molecule has 1 aliphatic rings. The van der Waals surface area contributed by atoms with Gasteiger partial charge in [0.15, 0.2) is 5.11 Å². The molecule has 1 unspecified atom stereocenters. The SMILES string of the molecule is NC(=S)NNC1CCc2ccccc21. The van der Waals surface area contributed by atoms with Gasteiger partial charge in [-0.2, -0.15) is 0 Å². The molecular weight excluding hydrogens is 194 g/mol. The monoisotopic (exact) mass is 207 g/mol. The van der Waals surface area contributed by atoms with Crippen molar-refractivity contribution in [3.63, 3.8) is 0 Å². The second-order valence-corrected chi connectivity index (χ2v) is 3.86. The van der Waals surface area contributed by atoms with Crippen molar-refractivity contribution in [3.05, 3.63) is 35.4 Å². The Morgan fingerprint density at radius 1 is 1.43 bits per heavy atom. The van der Waals surface area contributed by atoms with Crippen LogP contribution in [-0.2, 0) is 6.42 Å². The first-order valence-electron chi connectivity index (χ1n) is 4.66. The summed E-state index contributed by atoms with van der Waals surface area (Å²) in [5, 5.41) is 0.286.